The molecular formula is C14H20N4O. The first-order valence-corrected chi connectivity index (χ1v) is 6.60. The SMILES string of the molecule is CCc1cc(NCCc2c(C)noc2C)nc(C)n1. The normalized spacial score (nSPS) is 10.7. The molecule has 2 heterocycles. The van der Waals surface area contributed by atoms with Gasteiger partial charge < -0.3 is 9.84 Å². The van der Waals surface area contributed by atoms with E-state index in [0.29, 0.717) is 0 Å². The third kappa shape index (κ3) is 3.30. The van der Waals surface area contributed by atoms with E-state index in [-0.39, 0.29) is 0 Å². The Bertz CT molecular complexity index is 543. The van der Waals surface area contributed by atoms with Crippen LogP contribution in [0.3, 0.4) is 0 Å². The van der Waals surface area contributed by atoms with Gasteiger partial charge in [0.2, 0.25) is 0 Å². The standard InChI is InChI=1S/C14H20N4O/c1-5-12-8-14(17-11(4)16-12)15-7-6-13-9(2)18-19-10(13)3/h8H,5-7H2,1-4H3,(H,15,16,17). The van der Waals surface area contributed by atoms with E-state index in [9.17, 15) is 0 Å². The van der Waals surface area contributed by atoms with Gasteiger partial charge in [-0.05, 0) is 33.6 Å². The molecule has 1 N–H and O–H groups in total. The Morgan fingerprint density at radius 1 is 1.21 bits per heavy atom. The van der Waals surface area contributed by atoms with Crippen molar-refractivity contribution in [3.8, 4) is 0 Å². The van der Waals surface area contributed by atoms with Crippen LogP contribution in [-0.2, 0) is 12.8 Å². The van der Waals surface area contributed by atoms with Crippen LogP contribution in [0.5, 0.6) is 0 Å². The van der Waals surface area contributed by atoms with Gasteiger partial charge in [0.15, 0.2) is 0 Å². The molecule has 0 unspecified atom stereocenters. The summed E-state index contributed by atoms with van der Waals surface area (Å²) < 4.78 is 5.15. The van der Waals surface area contributed by atoms with Gasteiger partial charge in [0.05, 0.1) is 5.69 Å². The molecule has 0 aliphatic carbocycles. The van der Waals surface area contributed by atoms with Gasteiger partial charge in [-0.3, -0.25) is 0 Å². The summed E-state index contributed by atoms with van der Waals surface area (Å²) in [5.41, 5.74) is 3.20. The zero-order chi connectivity index (χ0) is 13.8. The van der Waals surface area contributed by atoms with Crippen LogP contribution in [0.2, 0.25) is 0 Å². The minimum Gasteiger partial charge on any atom is -0.370 e. The Kier molecular flexibility index (Phi) is 4.14. The summed E-state index contributed by atoms with van der Waals surface area (Å²) in [7, 11) is 0. The van der Waals surface area contributed by atoms with Crippen molar-refractivity contribution in [1.29, 1.82) is 0 Å². The van der Waals surface area contributed by atoms with Gasteiger partial charge in [-0.1, -0.05) is 12.1 Å². The van der Waals surface area contributed by atoms with Crippen LogP contribution >= 0.6 is 0 Å². The van der Waals surface area contributed by atoms with Gasteiger partial charge in [0, 0.05) is 23.9 Å². The highest BCUT2D eigenvalue weighted by Gasteiger charge is 2.08. The van der Waals surface area contributed by atoms with E-state index >= 15 is 0 Å². The highest BCUT2D eigenvalue weighted by molar-refractivity contribution is 5.36. The molecule has 2 aromatic rings. The number of rotatable bonds is 5. The summed E-state index contributed by atoms with van der Waals surface area (Å²) in [6, 6.07) is 2.00. The van der Waals surface area contributed by atoms with Crippen LogP contribution in [0.15, 0.2) is 10.6 Å². The molecule has 0 amide bonds. The quantitative estimate of drug-likeness (QED) is 0.895. The van der Waals surface area contributed by atoms with Crippen LogP contribution < -0.4 is 5.32 Å². The Morgan fingerprint density at radius 3 is 2.63 bits per heavy atom. The number of nitrogens with one attached hydrogen (secondary N) is 1. The third-order valence-corrected chi connectivity index (χ3v) is 3.12. The van der Waals surface area contributed by atoms with Crippen LogP contribution in [0.25, 0.3) is 0 Å². The maximum absolute atomic E-state index is 5.15. The second-order valence-corrected chi connectivity index (χ2v) is 4.62. The van der Waals surface area contributed by atoms with Gasteiger partial charge in [0.25, 0.3) is 0 Å². The zero-order valence-electron chi connectivity index (χ0n) is 11.9. The number of nitrogens with zero attached hydrogens (tertiary/aromatic N) is 3. The summed E-state index contributed by atoms with van der Waals surface area (Å²) in [6.07, 6.45) is 1.80. The highest BCUT2D eigenvalue weighted by atomic mass is 16.5. The summed E-state index contributed by atoms with van der Waals surface area (Å²) in [6.45, 7) is 8.73. The molecule has 0 spiro atoms. The van der Waals surface area contributed by atoms with Gasteiger partial charge in [0.1, 0.15) is 17.4 Å². The first-order chi connectivity index (χ1) is 9.10. The molecule has 5 nitrogen and oxygen atoms in total. The molecule has 0 aliphatic heterocycles. The van der Waals surface area contributed by atoms with Crippen molar-refractivity contribution in [1.82, 2.24) is 15.1 Å². The van der Waals surface area contributed by atoms with Crippen molar-refractivity contribution in [3.63, 3.8) is 0 Å². The van der Waals surface area contributed by atoms with Crippen molar-refractivity contribution < 1.29 is 4.52 Å². The van der Waals surface area contributed by atoms with E-state index in [1.165, 1.54) is 5.56 Å². The average molecular weight is 260 g/mol. The predicted octanol–water partition coefficient (Wildman–Crippen LogP) is 2.61. The summed E-state index contributed by atoms with van der Waals surface area (Å²) in [4.78, 5) is 8.75. The summed E-state index contributed by atoms with van der Waals surface area (Å²) >= 11 is 0. The lowest BCUT2D eigenvalue weighted by molar-refractivity contribution is 0.392. The average Bonchev–Trinajstić information content (AvgIpc) is 2.69. The summed E-state index contributed by atoms with van der Waals surface area (Å²) in [5.74, 6) is 2.59. The monoisotopic (exact) mass is 260 g/mol. The number of hydrogen-bond acceptors (Lipinski definition) is 5. The maximum Gasteiger partial charge on any atom is 0.137 e. The minimum atomic E-state index is 0.805. The molecule has 0 aliphatic rings. The Labute approximate surface area is 113 Å². The molecule has 0 radical (unpaired) electrons. The fourth-order valence-electron chi connectivity index (χ4n) is 2.08. The Morgan fingerprint density at radius 2 is 2.00 bits per heavy atom. The molecule has 0 saturated heterocycles. The fraction of sp³-hybridized carbons (Fsp3) is 0.500. The van der Waals surface area contributed by atoms with Crippen LogP contribution in [0, 0.1) is 20.8 Å². The van der Waals surface area contributed by atoms with Crippen LogP contribution in [0.1, 0.15) is 35.5 Å². The highest BCUT2D eigenvalue weighted by Crippen LogP contribution is 2.13. The van der Waals surface area contributed by atoms with Crippen molar-refractivity contribution in [3.05, 3.63) is 34.6 Å². The molecule has 0 aromatic carbocycles. The molecule has 19 heavy (non-hydrogen) atoms. The fourth-order valence-corrected chi connectivity index (χ4v) is 2.08. The molecule has 0 bridgehead atoms. The van der Waals surface area contributed by atoms with Gasteiger partial charge in [-0.15, -0.1) is 0 Å². The van der Waals surface area contributed by atoms with Crippen molar-refractivity contribution >= 4 is 5.82 Å². The number of anilines is 1. The molecule has 5 heteroatoms. The molecule has 2 aromatic heterocycles. The van der Waals surface area contributed by atoms with E-state index in [2.05, 4.69) is 27.4 Å². The predicted molar refractivity (Wildman–Crippen MR) is 74.3 cm³/mol. The number of aryl methyl sites for hydroxylation is 4. The largest absolute Gasteiger partial charge is 0.370 e. The Balaban J connectivity index is 1.98. The van der Waals surface area contributed by atoms with E-state index in [1.54, 1.807) is 0 Å². The first kappa shape index (κ1) is 13.5. The first-order valence-electron chi connectivity index (χ1n) is 6.60. The minimum absolute atomic E-state index is 0.805. The van der Waals surface area contributed by atoms with Crippen molar-refractivity contribution in [2.75, 3.05) is 11.9 Å². The second kappa shape index (κ2) is 5.82. The van der Waals surface area contributed by atoms with Gasteiger partial charge in [-0.2, -0.15) is 0 Å². The van der Waals surface area contributed by atoms with E-state index in [1.807, 2.05) is 26.8 Å². The lowest BCUT2D eigenvalue weighted by atomic mass is 10.1. The molecule has 0 fully saturated rings. The zero-order valence-corrected chi connectivity index (χ0v) is 11.9. The molecule has 0 saturated carbocycles. The van der Waals surface area contributed by atoms with Crippen molar-refractivity contribution in [2.45, 2.75) is 40.5 Å². The lowest BCUT2D eigenvalue weighted by Crippen LogP contribution is -2.09. The van der Waals surface area contributed by atoms with Gasteiger partial charge in [-0.25, -0.2) is 9.97 Å². The Hall–Kier alpha value is -1.91. The second-order valence-electron chi connectivity index (χ2n) is 4.62. The van der Waals surface area contributed by atoms with E-state index in [0.717, 1.165) is 48.2 Å². The number of hydrogen-bond donors (Lipinski definition) is 1. The van der Waals surface area contributed by atoms with Crippen LogP contribution in [-0.4, -0.2) is 21.7 Å². The molecule has 0 atom stereocenters. The van der Waals surface area contributed by atoms with Gasteiger partial charge >= 0.3 is 0 Å². The lowest BCUT2D eigenvalue weighted by Gasteiger charge is -2.07. The molecule has 2 rings (SSSR count). The van der Waals surface area contributed by atoms with E-state index in [4.69, 9.17) is 4.52 Å². The van der Waals surface area contributed by atoms with Crippen LogP contribution in [0.4, 0.5) is 5.82 Å². The molecule has 102 valence electrons. The topological polar surface area (TPSA) is 63.8 Å². The number of aromatic nitrogens is 3. The van der Waals surface area contributed by atoms with Crippen molar-refractivity contribution in [2.24, 2.45) is 0 Å². The third-order valence-electron chi connectivity index (χ3n) is 3.12. The van der Waals surface area contributed by atoms with E-state index < -0.39 is 0 Å². The maximum atomic E-state index is 5.15. The smallest absolute Gasteiger partial charge is 0.137 e. The summed E-state index contributed by atoms with van der Waals surface area (Å²) in [5, 5.41) is 7.29. The molecular weight excluding hydrogens is 240 g/mol.